The second-order valence-electron chi connectivity index (χ2n) is 8.45. The number of hydrogen-bond acceptors (Lipinski definition) is 7. The molecule has 2 heterocycles. The van der Waals surface area contributed by atoms with Gasteiger partial charge in [0.05, 0.1) is 22.7 Å². The van der Waals surface area contributed by atoms with Crippen molar-refractivity contribution >= 4 is 68.3 Å². The van der Waals surface area contributed by atoms with Gasteiger partial charge in [0.2, 0.25) is 6.10 Å². The molecule has 196 valence electrons. The van der Waals surface area contributed by atoms with Crippen LogP contribution in [0.1, 0.15) is 24.3 Å². The summed E-state index contributed by atoms with van der Waals surface area (Å²) in [5.74, 6) is -1.57. The number of carbonyl (C=O) groups excluding carboxylic acids is 2. The summed E-state index contributed by atoms with van der Waals surface area (Å²) < 4.78 is 21.1. The standard InChI is InChI=1S/C25H22BrClFN7O3/c1-13-21-22(24(30-11-29-21)31-12-34(3)4)35(33-13)20-6-5-18(10-19(20)27)32-25(37)23(38-14(2)36)15-7-16(26)9-17(28)8-15/h5-12,23H,1-4H3,(H,32,37)/b31-12+. The van der Waals surface area contributed by atoms with Gasteiger partial charge in [0.1, 0.15) is 23.2 Å². The van der Waals surface area contributed by atoms with Gasteiger partial charge in [0, 0.05) is 36.7 Å². The molecule has 1 atom stereocenters. The summed E-state index contributed by atoms with van der Waals surface area (Å²) in [6.45, 7) is 2.98. The van der Waals surface area contributed by atoms with Crippen LogP contribution in [0.2, 0.25) is 5.02 Å². The monoisotopic (exact) mass is 601 g/mol. The number of esters is 1. The van der Waals surface area contributed by atoms with Crippen molar-refractivity contribution in [1.82, 2.24) is 24.6 Å². The number of nitrogens with one attached hydrogen (secondary N) is 1. The molecule has 13 heteroatoms. The minimum atomic E-state index is -1.38. The summed E-state index contributed by atoms with van der Waals surface area (Å²) in [6, 6.07) is 8.65. The number of aromatic nitrogens is 4. The van der Waals surface area contributed by atoms with Crippen LogP contribution >= 0.6 is 27.5 Å². The van der Waals surface area contributed by atoms with Crippen molar-refractivity contribution in [1.29, 1.82) is 0 Å². The molecule has 1 amide bonds. The highest BCUT2D eigenvalue weighted by Gasteiger charge is 2.26. The van der Waals surface area contributed by atoms with Gasteiger partial charge >= 0.3 is 5.97 Å². The van der Waals surface area contributed by atoms with Crippen LogP contribution in [0.15, 0.2) is 52.2 Å². The molecule has 0 bridgehead atoms. The number of halogens is 3. The molecule has 38 heavy (non-hydrogen) atoms. The molecular formula is C25H22BrClFN7O3. The Morgan fingerprint density at radius 2 is 2.00 bits per heavy atom. The first kappa shape index (κ1) is 27.1. The molecule has 10 nitrogen and oxygen atoms in total. The van der Waals surface area contributed by atoms with E-state index in [1.54, 1.807) is 28.1 Å². The lowest BCUT2D eigenvalue weighted by molar-refractivity contribution is -0.152. The number of hydrogen-bond donors (Lipinski definition) is 1. The van der Waals surface area contributed by atoms with Crippen LogP contribution in [0, 0.1) is 12.7 Å². The second kappa shape index (κ2) is 11.2. The van der Waals surface area contributed by atoms with Crippen LogP contribution in [-0.4, -0.2) is 57.0 Å². The van der Waals surface area contributed by atoms with E-state index >= 15 is 0 Å². The Morgan fingerprint density at radius 3 is 2.66 bits per heavy atom. The predicted octanol–water partition coefficient (Wildman–Crippen LogP) is 5.14. The highest BCUT2D eigenvalue weighted by Crippen LogP contribution is 2.32. The van der Waals surface area contributed by atoms with E-state index in [4.69, 9.17) is 16.3 Å². The third-order valence-corrected chi connectivity index (χ3v) is 5.93. The number of anilines is 1. The number of rotatable bonds is 7. The van der Waals surface area contributed by atoms with Gasteiger partial charge in [-0.05, 0) is 43.3 Å². The smallest absolute Gasteiger partial charge is 0.303 e. The molecule has 0 radical (unpaired) electrons. The lowest BCUT2D eigenvalue weighted by Crippen LogP contribution is -2.25. The zero-order valence-electron chi connectivity index (χ0n) is 20.7. The number of aryl methyl sites for hydroxylation is 1. The summed E-state index contributed by atoms with van der Waals surface area (Å²) in [7, 11) is 3.68. The molecule has 1 N–H and O–H groups in total. The molecule has 4 rings (SSSR count). The van der Waals surface area contributed by atoms with Gasteiger partial charge in [-0.3, -0.25) is 9.59 Å². The van der Waals surface area contributed by atoms with E-state index in [0.717, 1.165) is 13.0 Å². The van der Waals surface area contributed by atoms with E-state index in [2.05, 4.69) is 41.3 Å². The summed E-state index contributed by atoms with van der Waals surface area (Å²) in [6.07, 6.45) is 1.65. The number of amides is 1. The Hall–Kier alpha value is -3.90. The van der Waals surface area contributed by atoms with Crippen LogP contribution in [0.5, 0.6) is 0 Å². The van der Waals surface area contributed by atoms with Crippen molar-refractivity contribution in [2.24, 2.45) is 4.99 Å². The SMILES string of the molecule is CC(=O)OC(C(=O)Nc1ccc(-n2nc(C)c3ncnc(/N=C/N(C)C)c32)c(Cl)c1)c1cc(F)cc(Br)c1. The quantitative estimate of drug-likeness (QED) is 0.177. The third-order valence-electron chi connectivity index (χ3n) is 5.17. The van der Waals surface area contributed by atoms with Crippen molar-refractivity contribution in [3.63, 3.8) is 0 Å². The number of benzene rings is 2. The van der Waals surface area contributed by atoms with Gasteiger partial charge < -0.3 is 15.0 Å². The molecule has 4 aromatic rings. The minimum absolute atomic E-state index is 0.164. The zero-order chi connectivity index (χ0) is 27.6. The Labute approximate surface area is 230 Å². The van der Waals surface area contributed by atoms with Crippen molar-refractivity contribution in [2.75, 3.05) is 19.4 Å². The first-order valence-corrected chi connectivity index (χ1v) is 12.4. The topological polar surface area (TPSA) is 115 Å². The highest BCUT2D eigenvalue weighted by atomic mass is 79.9. The van der Waals surface area contributed by atoms with Gasteiger partial charge in [-0.2, -0.15) is 5.10 Å². The van der Waals surface area contributed by atoms with Gasteiger partial charge in [-0.1, -0.05) is 27.5 Å². The number of fused-ring (bicyclic) bond motifs is 1. The van der Waals surface area contributed by atoms with Crippen molar-refractivity contribution in [2.45, 2.75) is 20.0 Å². The van der Waals surface area contributed by atoms with E-state index in [1.807, 2.05) is 21.0 Å². The molecule has 0 saturated heterocycles. The van der Waals surface area contributed by atoms with E-state index in [0.29, 0.717) is 38.4 Å². The van der Waals surface area contributed by atoms with Crippen LogP contribution in [0.25, 0.3) is 16.7 Å². The Morgan fingerprint density at radius 1 is 1.24 bits per heavy atom. The van der Waals surface area contributed by atoms with Crippen molar-refractivity contribution < 1.29 is 18.7 Å². The average Bonchev–Trinajstić information content (AvgIpc) is 3.17. The minimum Gasteiger partial charge on any atom is -0.447 e. The largest absolute Gasteiger partial charge is 0.447 e. The average molecular weight is 603 g/mol. The van der Waals surface area contributed by atoms with E-state index in [-0.39, 0.29) is 10.6 Å². The maximum atomic E-state index is 14.0. The lowest BCUT2D eigenvalue weighted by Gasteiger charge is -2.18. The van der Waals surface area contributed by atoms with Crippen LogP contribution < -0.4 is 5.32 Å². The van der Waals surface area contributed by atoms with Crippen molar-refractivity contribution in [3.8, 4) is 5.69 Å². The number of aliphatic imine (C=N–C) groups is 1. The van der Waals surface area contributed by atoms with Crippen LogP contribution in [0.4, 0.5) is 15.9 Å². The molecule has 0 aliphatic heterocycles. The molecule has 0 saturated carbocycles. The molecule has 0 spiro atoms. The van der Waals surface area contributed by atoms with Gasteiger partial charge in [0.15, 0.2) is 5.82 Å². The molecule has 0 aliphatic carbocycles. The molecule has 0 aliphatic rings. The van der Waals surface area contributed by atoms with Crippen LogP contribution in [0.3, 0.4) is 0 Å². The summed E-state index contributed by atoms with van der Waals surface area (Å²) in [5.41, 5.74) is 2.83. The van der Waals surface area contributed by atoms with Gasteiger partial charge in [-0.15, -0.1) is 0 Å². The van der Waals surface area contributed by atoms with E-state index < -0.39 is 23.8 Å². The first-order valence-electron chi connectivity index (χ1n) is 11.2. The Bertz CT molecular complexity index is 1550. The fourth-order valence-electron chi connectivity index (χ4n) is 3.65. The van der Waals surface area contributed by atoms with Gasteiger partial charge in [-0.25, -0.2) is 24.0 Å². The Kier molecular flexibility index (Phi) is 8.02. The van der Waals surface area contributed by atoms with Crippen molar-refractivity contribution in [3.05, 3.63) is 69.3 Å². The lowest BCUT2D eigenvalue weighted by atomic mass is 10.1. The summed E-state index contributed by atoms with van der Waals surface area (Å²) in [5, 5.41) is 7.50. The molecule has 0 fully saturated rings. The number of nitrogens with zero attached hydrogens (tertiary/aromatic N) is 6. The second-order valence-corrected chi connectivity index (χ2v) is 9.77. The number of carbonyl (C=O) groups is 2. The Balaban J connectivity index is 1.68. The molecule has 1 unspecified atom stereocenters. The maximum Gasteiger partial charge on any atom is 0.303 e. The summed E-state index contributed by atoms with van der Waals surface area (Å²) >= 11 is 9.80. The molecule has 2 aromatic heterocycles. The predicted molar refractivity (Wildman–Crippen MR) is 145 cm³/mol. The normalized spacial score (nSPS) is 12.1. The fraction of sp³-hybridized carbons (Fsp3) is 0.200. The number of ether oxygens (including phenoxy) is 1. The maximum absolute atomic E-state index is 14.0. The van der Waals surface area contributed by atoms with E-state index in [1.165, 1.54) is 24.5 Å². The highest BCUT2D eigenvalue weighted by molar-refractivity contribution is 9.10. The zero-order valence-corrected chi connectivity index (χ0v) is 23.1. The van der Waals surface area contributed by atoms with Gasteiger partial charge in [0.25, 0.3) is 5.91 Å². The first-order chi connectivity index (χ1) is 18.0. The molecule has 2 aromatic carbocycles. The third kappa shape index (κ3) is 5.97. The van der Waals surface area contributed by atoms with E-state index in [9.17, 15) is 14.0 Å². The molecular weight excluding hydrogens is 581 g/mol. The van der Waals surface area contributed by atoms with Crippen LogP contribution in [-0.2, 0) is 14.3 Å². The fourth-order valence-corrected chi connectivity index (χ4v) is 4.39. The summed E-state index contributed by atoms with van der Waals surface area (Å²) in [4.78, 5) is 39.5.